The number of nitrogen functional groups attached to an aromatic ring is 1. The third kappa shape index (κ3) is 3.37. The molecule has 2 aromatic rings. The molecule has 19 heavy (non-hydrogen) atoms. The van der Waals surface area contributed by atoms with Crippen molar-refractivity contribution in [2.24, 2.45) is 0 Å². The minimum atomic E-state index is -3.81. The topological polar surface area (TPSA) is 85.1 Å². The van der Waals surface area contributed by atoms with Crippen LogP contribution in [0.5, 0.6) is 0 Å². The Bertz CT molecular complexity index is 722. The summed E-state index contributed by atoms with van der Waals surface area (Å²) in [6.07, 6.45) is 1.42. The lowest BCUT2D eigenvalue weighted by Crippen LogP contribution is -2.15. The molecule has 2 rings (SSSR count). The summed E-state index contributed by atoms with van der Waals surface area (Å²) in [5.74, 6) is -0.0715. The summed E-state index contributed by atoms with van der Waals surface area (Å²) in [7, 11) is -3.81. The molecule has 0 radical (unpaired) electrons. The van der Waals surface area contributed by atoms with Gasteiger partial charge in [0.15, 0.2) is 0 Å². The van der Waals surface area contributed by atoms with Gasteiger partial charge in [0.25, 0.3) is 10.0 Å². The summed E-state index contributed by atoms with van der Waals surface area (Å²) in [4.78, 5) is 3.69. The fourth-order valence-corrected chi connectivity index (χ4v) is 3.24. The molecule has 0 fully saturated rings. The molecule has 0 bridgehead atoms. The molecule has 1 heterocycles. The molecule has 5 nitrogen and oxygen atoms in total. The van der Waals surface area contributed by atoms with E-state index in [1.165, 1.54) is 18.3 Å². The van der Waals surface area contributed by atoms with E-state index >= 15 is 0 Å². The molecule has 0 amide bonds. The van der Waals surface area contributed by atoms with Crippen molar-refractivity contribution in [3.8, 4) is 0 Å². The van der Waals surface area contributed by atoms with Gasteiger partial charge in [-0.25, -0.2) is 13.4 Å². The highest BCUT2D eigenvalue weighted by Gasteiger charge is 2.19. The van der Waals surface area contributed by atoms with E-state index in [2.05, 4.69) is 25.6 Å². The normalized spacial score (nSPS) is 11.3. The lowest BCUT2D eigenvalue weighted by Gasteiger charge is -2.10. The Hall–Kier alpha value is -1.31. The van der Waals surface area contributed by atoms with E-state index in [0.717, 1.165) is 0 Å². The van der Waals surface area contributed by atoms with Crippen molar-refractivity contribution in [2.75, 3.05) is 10.5 Å². The smallest absolute Gasteiger partial charge is 0.265 e. The van der Waals surface area contributed by atoms with Gasteiger partial charge in [0.05, 0.1) is 5.69 Å². The molecule has 0 aliphatic carbocycles. The maximum absolute atomic E-state index is 12.2. The number of sulfonamides is 1. The van der Waals surface area contributed by atoms with E-state index in [-0.39, 0.29) is 10.7 Å². The van der Waals surface area contributed by atoms with Crippen LogP contribution in [0, 0.1) is 0 Å². The molecule has 0 unspecified atom stereocenters. The van der Waals surface area contributed by atoms with E-state index in [1.54, 1.807) is 18.2 Å². The highest BCUT2D eigenvalue weighted by molar-refractivity contribution is 9.10. The Balaban J connectivity index is 2.40. The number of nitrogens with two attached hydrogens (primary N) is 1. The van der Waals surface area contributed by atoms with Crippen LogP contribution in [0.15, 0.2) is 45.9 Å². The SMILES string of the molecule is Nc1ncc(Br)cc1S(=O)(=O)Nc1cccc(Cl)c1. The largest absolute Gasteiger partial charge is 0.383 e. The Morgan fingerprint density at radius 3 is 2.74 bits per heavy atom. The zero-order chi connectivity index (χ0) is 14.0. The second kappa shape index (κ2) is 5.36. The van der Waals surface area contributed by atoms with E-state index in [9.17, 15) is 8.42 Å². The van der Waals surface area contributed by atoms with Crippen LogP contribution in [0.4, 0.5) is 11.5 Å². The molecule has 0 saturated heterocycles. The Morgan fingerprint density at radius 1 is 1.32 bits per heavy atom. The lowest BCUT2D eigenvalue weighted by atomic mass is 10.3. The number of aromatic nitrogens is 1. The van der Waals surface area contributed by atoms with Crippen LogP contribution in [0.3, 0.4) is 0 Å². The van der Waals surface area contributed by atoms with Crippen molar-refractivity contribution in [3.05, 3.63) is 46.0 Å². The van der Waals surface area contributed by atoms with E-state index < -0.39 is 10.0 Å². The molecule has 3 N–H and O–H groups in total. The van der Waals surface area contributed by atoms with Gasteiger partial charge in [-0.15, -0.1) is 0 Å². The van der Waals surface area contributed by atoms with Crippen molar-refractivity contribution < 1.29 is 8.42 Å². The van der Waals surface area contributed by atoms with Crippen LogP contribution < -0.4 is 10.5 Å². The molecule has 0 spiro atoms. The van der Waals surface area contributed by atoms with Gasteiger partial charge in [0.2, 0.25) is 0 Å². The van der Waals surface area contributed by atoms with Gasteiger partial charge >= 0.3 is 0 Å². The predicted molar refractivity (Wildman–Crippen MR) is 78.6 cm³/mol. The van der Waals surface area contributed by atoms with Crippen LogP contribution in [0.1, 0.15) is 0 Å². The van der Waals surface area contributed by atoms with Crippen molar-refractivity contribution in [1.29, 1.82) is 0 Å². The lowest BCUT2D eigenvalue weighted by molar-refractivity contribution is 0.601. The first-order valence-electron chi connectivity index (χ1n) is 5.08. The summed E-state index contributed by atoms with van der Waals surface area (Å²) in [6, 6.07) is 7.76. The molecular formula is C11H9BrClN3O2S. The second-order valence-corrected chi connectivity index (χ2v) is 6.66. The molecule has 100 valence electrons. The van der Waals surface area contributed by atoms with Gasteiger partial charge in [-0.2, -0.15) is 0 Å². The summed E-state index contributed by atoms with van der Waals surface area (Å²) in [6.45, 7) is 0. The average Bonchev–Trinajstić information content (AvgIpc) is 2.31. The molecule has 1 aromatic heterocycles. The van der Waals surface area contributed by atoms with E-state index in [0.29, 0.717) is 15.2 Å². The summed E-state index contributed by atoms with van der Waals surface area (Å²) in [5, 5.41) is 0.431. The standard InChI is InChI=1S/C11H9BrClN3O2S/c12-7-4-10(11(14)15-6-7)19(17,18)16-9-3-1-2-8(13)5-9/h1-6,16H,(H2,14,15). The number of benzene rings is 1. The third-order valence-corrected chi connectivity index (χ3v) is 4.29. The first-order chi connectivity index (χ1) is 8.88. The average molecular weight is 363 g/mol. The van der Waals surface area contributed by atoms with Gasteiger partial charge < -0.3 is 5.73 Å². The van der Waals surface area contributed by atoms with Gasteiger partial charge in [-0.05, 0) is 40.2 Å². The number of halogens is 2. The zero-order valence-corrected chi connectivity index (χ0v) is 12.6. The predicted octanol–water partition coefficient (Wildman–Crippen LogP) is 2.88. The van der Waals surface area contributed by atoms with Crippen molar-refractivity contribution in [3.63, 3.8) is 0 Å². The number of nitrogens with one attached hydrogen (secondary N) is 1. The molecular weight excluding hydrogens is 354 g/mol. The Kier molecular flexibility index (Phi) is 3.98. The van der Waals surface area contributed by atoms with Crippen LogP contribution in [0.2, 0.25) is 5.02 Å². The second-order valence-electron chi connectivity index (χ2n) is 3.65. The molecule has 0 atom stereocenters. The van der Waals surface area contributed by atoms with Gasteiger partial charge in [-0.1, -0.05) is 17.7 Å². The molecule has 0 aliphatic heterocycles. The molecule has 1 aromatic carbocycles. The van der Waals surface area contributed by atoms with Crippen molar-refractivity contribution >= 4 is 49.1 Å². The van der Waals surface area contributed by atoms with Gasteiger partial charge in [-0.3, -0.25) is 4.72 Å². The number of hydrogen-bond acceptors (Lipinski definition) is 4. The van der Waals surface area contributed by atoms with Crippen LogP contribution in [-0.2, 0) is 10.0 Å². The highest BCUT2D eigenvalue weighted by Crippen LogP contribution is 2.24. The Labute approximate surface area is 124 Å². The third-order valence-electron chi connectivity index (χ3n) is 2.21. The Morgan fingerprint density at radius 2 is 2.05 bits per heavy atom. The van der Waals surface area contributed by atoms with Crippen LogP contribution >= 0.6 is 27.5 Å². The van der Waals surface area contributed by atoms with E-state index in [4.69, 9.17) is 17.3 Å². The summed E-state index contributed by atoms with van der Waals surface area (Å²) >= 11 is 8.95. The minimum absolute atomic E-state index is 0.0715. The number of nitrogens with zero attached hydrogens (tertiary/aromatic N) is 1. The quantitative estimate of drug-likeness (QED) is 0.879. The minimum Gasteiger partial charge on any atom is -0.383 e. The summed E-state index contributed by atoms with van der Waals surface area (Å²) in [5.41, 5.74) is 5.94. The first kappa shape index (κ1) is 14.1. The number of hydrogen-bond donors (Lipinski definition) is 2. The fraction of sp³-hybridized carbons (Fsp3) is 0. The highest BCUT2D eigenvalue weighted by atomic mass is 79.9. The van der Waals surface area contributed by atoms with Gasteiger partial charge in [0, 0.05) is 15.7 Å². The van der Waals surface area contributed by atoms with Gasteiger partial charge in [0.1, 0.15) is 10.7 Å². The summed E-state index contributed by atoms with van der Waals surface area (Å²) < 4.78 is 27.3. The van der Waals surface area contributed by atoms with Crippen LogP contribution in [0.25, 0.3) is 0 Å². The fourth-order valence-electron chi connectivity index (χ4n) is 1.41. The first-order valence-corrected chi connectivity index (χ1v) is 7.73. The molecule has 0 aliphatic rings. The van der Waals surface area contributed by atoms with Crippen LogP contribution in [-0.4, -0.2) is 13.4 Å². The zero-order valence-electron chi connectivity index (χ0n) is 9.47. The number of anilines is 2. The molecule has 0 saturated carbocycles. The number of pyridine rings is 1. The molecule has 8 heteroatoms. The maximum Gasteiger partial charge on any atom is 0.265 e. The van der Waals surface area contributed by atoms with E-state index in [1.807, 2.05) is 0 Å². The monoisotopic (exact) mass is 361 g/mol. The number of rotatable bonds is 3. The maximum atomic E-state index is 12.2. The van der Waals surface area contributed by atoms with Crippen molar-refractivity contribution in [1.82, 2.24) is 4.98 Å². The van der Waals surface area contributed by atoms with Crippen molar-refractivity contribution in [2.45, 2.75) is 4.90 Å².